The smallest absolute Gasteiger partial charge is 0.152 e. The van der Waals surface area contributed by atoms with Gasteiger partial charge in [-0.1, -0.05) is 0 Å². The van der Waals surface area contributed by atoms with E-state index < -0.39 is 0 Å². The maximum Gasteiger partial charge on any atom is 0.152 e. The summed E-state index contributed by atoms with van der Waals surface area (Å²) in [5, 5.41) is 8.00. The lowest BCUT2D eigenvalue weighted by Crippen LogP contribution is -2.34. The zero-order valence-electron chi connectivity index (χ0n) is 8.54. The molecule has 0 N–H and O–H groups in total. The molecule has 0 atom stereocenters. The number of halogens is 1. The predicted octanol–water partition coefficient (Wildman–Crippen LogP) is 1.46. The third-order valence-corrected chi connectivity index (χ3v) is 3.30. The molecular weight excluding hydrogens is 270 g/mol. The molecule has 0 fully saturated rings. The maximum absolute atomic E-state index is 4.38. The highest BCUT2D eigenvalue weighted by atomic mass is 79.9. The van der Waals surface area contributed by atoms with E-state index in [4.69, 9.17) is 0 Å². The topological polar surface area (TPSA) is 46.8 Å². The minimum absolute atomic E-state index is 0.760. The largest absolute Gasteiger partial charge is 0.346 e. The summed E-state index contributed by atoms with van der Waals surface area (Å²) < 4.78 is 3.09. The summed E-state index contributed by atoms with van der Waals surface area (Å²) in [6, 6.07) is 3.92. The van der Waals surface area contributed by atoms with Crippen molar-refractivity contribution in [2.75, 3.05) is 11.4 Å². The summed E-state index contributed by atoms with van der Waals surface area (Å²) in [4.78, 5) is 6.58. The molecule has 2 aromatic heterocycles. The second kappa shape index (κ2) is 3.86. The van der Waals surface area contributed by atoms with E-state index in [-0.39, 0.29) is 0 Å². The normalized spacial score (nSPS) is 14.9. The lowest BCUT2D eigenvalue weighted by Gasteiger charge is -2.28. The zero-order valence-corrected chi connectivity index (χ0v) is 10.1. The number of pyridine rings is 1. The molecule has 0 spiro atoms. The van der Waals surface area contributed by atoms with Gasteiger partial charge in [0, 0.05) is 19.3 Å². The van der Waals surface area contributed by atoms with Crippen molar-refractivity contribution in [2.24, 2.45) is 0 Å². The van der Waals surface area contributed by atoms with E-state index in [1.54, 1.807) is 12.5 Å². The quantitative estimate of drug-likeness (QED) is 0.793. The predicted molar refractivity (Wildman–Crippen MR) is 63.0 cm³/mol. The van der Waals surface area contributed by atoms with Gasteiger partial charge in [-0.15, -0.1) is 10.2 Å². The fourth-order valence-electron chi connectivity index (χ4n) is 1.86. The first-order valence-corrected chi connectivity index (χ1v) is 5.86. The summed E-state index contributed by atoms with van der Waals surface area (Å²) in [7, 11) is 0. The van der Waals surface area contributed by atoms with Crippen LogP contribution in [0.15, 0.2) is 29.1 Å². The lowest BCUT2D eigenvalue weighted by atomic mass is 10.3. The number of hydrogen-bond acceptors (Lipinski definition) is 4. The molecule has 0 unspecified atom stereocenters. The Morgan fingerprint density at radius 3 is 3.12 bits per heavy atom. The Hall–Kier alpha value is -1.43. The molecule has 3 heterocycles. The van der Waals surface area contributed by atoms with Crippen molar-refractivity contribution in [3.8, 4) is 0 Å². The van der Waals surface area contributed by atoms with Crippen LogP contribution in [0.1, 0.15) is 5.82 Å². The molecule has 1 aliphatic heterocycles. The Morgan fingerprint density at radius 1 is 1.31 bits per heavy atom. The fourth-order valence-corrected chi connectivity index (χ4v) is 2.36. The Morgan fingerprint density at radius 2 is 2.25 bits per heavy atom. The van der Waals surface area contributed by atoms with E-state index in [0.717, 1.165) is 35.7 Å². The molecule has 1 aliphatic rings. The van der Waals surface area contributed by atoms with Gasteiger partial charge in [0.15, 0.2) is 5.82 Å². The van der Waals surface area contributed by atoms with Gasteiger partial charge in [0.05, 0.1) is 11.0 Å². The van der Waals surface area contributed by atoms with Crippen molar-refractivity contribution in [3.63, 3.8) is 0 Å². The summed E-state index contributed by atoms with van der Waals surface area (Å²) in [6.07, 6.45) is 3.58. The van der Waals surface area contributed by atoms with Gasteiger partial charge in [-0.3, -0.25) is 0 Å². The number of anilines is 1. The van der Waals surface area contributed by atoms with Crippen LogP contribution in [0, 0.1) is 0 Å². The Balaban J connectivity index is 1.92. The Kier molecular flexibility index (Phi) is 2.36. The lowest BCUT2D eigenvalue weighted by molar-refractivity contribution is 0.555. The van der Waals surface area contributed by atoms with E-state index in [0.29, 0.717) is 0 Å². The first-order chi connectivity index (χ1) is 7.84. The molecule has 0 aromatic carbocycles. The molecular formula is C10H10BrN5. The molecule has 0 amide bonds. The standard InChI is InChI=1S/C10H10BrN5/c11-8-2-1-3-12-10(8)15-4-5-16-7-13-14-9(16)6-15/h1-3,7H,4-6H2. The van der Waals surface area contributed by atoms with Crippen molar-refractivity contribution in [1.29, 1.82) is 0 Å². The Labute approximate surface area is 101 Å². The van der Waals surface area contributed by atoms with Gasteiger partial charge in [-0.25, -0.2) is 4.98 Å². The van der Waals surface area contributed by atoms with Crippen molar-refractivity contribution >= 4 is 21.7 Å². The number of rotatable bonds is 1. The molecule has 0 saturated carbocycles. The molecule has 82 valence electrons. The average Bonchev–Trinajstić information content (AvgIpc) is 2.76. The van der Waals surface area contributed by atoms with Gasteiger partial charge in [0.1, 0.15) is 12.1 Å². The highest BCUT2D eigenvalue weighted by Crippen LogP contribution is 2.25. The highest BCUT2D eigenvalue weighted by Gasteiger charge is 2.19. The van der Waals surface area contributed by atoms with Crippen molar-refractivity contribution in [2.45, 2.75) is 13.1 Å². The third-order valence-electron chi connectivity index (χ3n) is 2.68. The summed E-state index contributed by atoms with van der Waals surface area (Å²) >= 11 is 3.52. The molecule has 5 nitrogen and oxygen atoms in total. The van der Waals surface area contributed by atoms with Crippen LogP contribution in [0.4, 0.5) is 5.82 Å². The molecule has 0 bridgehead atoms. The second-order valence-corrected chi connectivity index (χ2v) is 4.53. The SMILES string of the molecule is Brc1cccnc1N1CCn2cnnc2C1. The van der Waals surface area contributed by atoms with E-state index in [9.17, 15) is 0 Å². The van der Waals surface area contributed by atoms with Crippen LogP contribution in [-0.2, 0) is 13.1 Å². The van der Waals surface area contributed by atoms with Gasteiger partial charge in [0.2, 0.25) is 0 Å². The summed E-state index contributed by atoms with van der Waals surface area (Å²) in [5.41, 5.74) is 0. The Bertz CT molecular complexity index is 509. The van der Waals surface area contributed by atoms with Crippen LogP contribution >= 0.6 is 15.9 Å². The molecule has 0 radical (unpaired) electrons. The van der Waals surface area contributed by atoms with Gasteiger partial charge in [0.25, 0.3) is 0 Å². The number of nitrogens with zero attached hydrogens (tertiary/aromatic N) is 5. The molecule has 2 aromatic rings. The van der Waals surface area contributed by atoms with Crippen molar-refractivity contribution in [1.82, 2.24) is 19.7 Å². The van der Waals surface area contributed by atoms with Gasteiger partial charge >= 0.3 is 0 Å². The first-order valence-electron chi connectivity index (χ1n) is 5.07. The van der Waals surface area contributed by atoms with Crippen LogP contribution in [0.5, 0.6) is 0 Å². The zero-order chi connectivity index (χ0) is 11.0. The molecule has 16 heavy (non-hydrogen) atoms. The van der Waals surface area contributed by atoms with Gasteiger partial charge < -0.3 is 9.47 Å². The fraction of sp³-hybridized carbons (Fsp3) is 0.300. The first kappa shape index (κ1) is 9.77. The number of hydrogen-bond donors (Lipinski definition) is 0. The molecule has 6 heteroatoms. The van der Waals surface area contributed by atoms with Gasteiger partial charge in [-0.2, -0.15) is 0 Å². The van der Waals surface area contributed by atoms with Crippen LogP contribution in [0.25, 0.3) is 0 Å². The van der Waals surface area contributed by atoms with E-state index >= 15 is 0 Å². The maximum atomic E-state index is 4.38. The van der Waals surface area contributed by atoms with Crippen LogP contribution < -0.4 is 4.90 Å². The highest BCUT2D eigenvalue weighted by molar-refractivity contribution is 9.10. The van der Waals surface area contributed by atoms with Crippen LogP contribution in [0.2, 0.25) is 0 Å². The third kappa shape index (κ3) is 1.59. The second-order valence-electron chi connectivity index (χ2n) is 3.67. The molecule has 0 aliphatic carbocycles. The van der Waals surface area contributed by atoms with Crippen LogP contribution in [-0.4, -0.2) is 26.3 Å². The van der Waals surface area contributed by atoms with E-state index in [1.807, 2.05) is 12.1 Å². The number of fused-ring (bicyclic) bond motifs is 1. The molecule has 0 saturated heterocycles. The minimum Gasteiger partial charge on any atom is -0.346 e. The number of aromatic nitrogens is 4. The monoisotopic (exact) mass is 279 g/mol. The average molecular weight is 280 g/mol. The minimum atomic E-state index is 0.760. The summed E-state index contributed by atoms with van der Waals surface area (Å²) in [6.45, 7) is 2.60. The molecule has 3 rings (SSSR count). The van der Waals surface area contributed by atoms with Crippen molar-refractivity contribution < 1.29 is 0 Å². The van der Waals surface area contributed by atoms with Crippen molar-refractivity contribution in [3.05, 3.63) is 35.0 Å². The van der Waals surface area contributed by atoms with Crippen LogP contribution in [0.3, 0.4) is 0 Å². The summed E-state index contributed by atoms with van der Waals surface area (Å²) in [5.74, 6) is 1.96. The van der Waals surface area contributed by atoms with E-state index in [1.165, 1.54) is 0 Å². The van der Waals surface area contributed by atoms with E-state index in [2.05, 4.69) is 40.6 Å². The van der Waals surface area contributed by atoms with Gasteiger partial charge in [-0.05, 0) is 28.1 Å².